The highest BCUT2D eigenvalue weighted by molar-refractivity contribution is 7.09. The molecule has 0 bridgehead atoms. The Morgan fingerprint density at radius 2 is 2.19 bits per heavy atom. The molecule has 0 atom stereocenters. The van der Waals surface area contributed by atoms with Gasteiger partial charge in [-0.2, -0.15) is 0 Å². The van der Waals surface area contributed by atoms with Crippen molar-refractivity contribution >= 4 is 11.3 Å². The molecule has 0 aliphatic carbocycles. The minimum atomic E-state index is 0.501. The molecular formula is C16H22N2O2S. The predicted molar refractivity (Wildman–Crippen MR) is 86.0 cm³/mol. The summed E-state index contributed by atoms with van der Waals surface area (Å²) in [6.45, 7) is 6.63. The molecule has 2 aromatic rings. The molecule has 4 nitrogen and oxygen atoms in total. The lowest BCUT2D eigenvalue weighted by Gasteiger charge is -2.14. The highest BCUT2D eigenvalue weighted by Crippen LogP contribution is 2.25. The zero-order chi connectivity index (χ0) is 15.1. The van der Waals surface area contributed by atoms with E-state index < -0.39 is 0 Å². The van der Waals surface area contributed by atoms with Gasteiger partial charge < -0.3 is 14.8 Å². The highest BCUT2D eigenvalue weighted by atomic mass is 32.1. The van der Waals surface area contributed by atoms with Crippen LogP contribution in [0.15, 0.2) is 29.8 Å². The topological polar surface area (TPSA) is 43.4 Å². The minimum Gasteiger partial charge on any atom is -0.497 e. The van der Waals surface area contributed by atoms with Gasteiger partial charge in [0.2, 0.25) is 0 Å². The number of thiazole rings is 1. The Balaban J connectivity index is 2.03. The first kappa shape index (κ1) is 15.8. The molecule has 0 unspecified atom stereocenters. The zero-order valence-electron chi connectivity index (χ0n) is 12.8. The Morgan fingerprint density at radius 1 is 1.33 bits per heavy atom. The fourth-order valence-corrected chi connectivity index (χ4v) is 2.45. The summed E-state index contributed by atoms with van der Waals surface area (Å²) in [5.74, 6) is 2.34. The van der Waals surface area contributed by atoms with Crippen molar-refractivity contribution < 1.29 is 9.47 Å². The fourth-order valence-electron chi connectivity index (χ4n) is 1.92. The van der Waals surface area contributed by atoms with Crippen LogP contribution in [-0.4, -0.2) is 18.6 Å². The van der Waals surface area contributed by atoms with Crippen LogP contribution in [0.4, 0.5) is 0 Å². The van der Waals surface area contributed by atoms with E-state index in [4.69, 9.17) is 9.47 Å². The highest BCUT2D eigenvalue weighted by Gasteiger charge is 2.07. The smallest absolute Gasteiger partial charge is 0.140 e. The van der Waals surface area contributed by atoms with Gasteiger partial charge in [-0.05, 0) is 30.7 Å². The average Bonchev–Trinajstić information content (AvgIpc) is 2.98. The van der Waals surface area contributed by atoms with E-state index in [0.29, 0.717) is 12.5 Å². The second-order valence-electron chi connectivity index (χ2n) is 5.21. The molecule has 0 fully saturated rings. The first-order chi connectivity index (χ1) is 10.2. The number of benzene rings is 1. The van der Waals surface area contributed by atoms with E-state index in [2.05, 4.69) is 24.1 Å². The van der Waals surface area contributed by atoms with Crippen LogP contribution in [0.5, 0.6) is 11.5 Å². The molecule has 1 aromatic carbocycles. The number of rotatable bonds is 8. The number of methoxy groups -OCH3 is 1. The maximum absolute atomic E-state index is 5.89. The minimum absolute atomic E-state index is 0.501. The van der Waals surface area contributed by atoms with Crippen LogP contribution < -0.4 is 14.8 Å². The molecule has 0 saturated heterocycles. The quantitative estimate of drug-likeness (QED) is 0.811. The third-order valence-electron chi connectivity index (χ3n) is 2.97. The van der Waals surface area contributed by atoms with Crippen molar-refractivity contribution in [1.82, 2.24) is 10.3 Å². The van der Waals surface area contributed by atoms with Crippen LogP contribution in [0.25, 0.3) is 0 Å². The van der Waals surface area contributed by atoms with Crippen molar-refractivity contribution in [3.8, 4) is 11.5 Å². The van der Waals surface area contributed by atoms with Gasteiger partial charge in [0.1, 0.15) is 23.1 Å². The van der Waals surface area contributed by atoms with E-state index in [1.165, 1.54) is 0 Å². The van der Waals surface area contributed by atoms with E-state index in [0.717, 1.165) is 35.2 Å². The van der Waals surface area contributed by atoms with E-state index in [1.807, 2.05) is 23.6 Å². The molecule has 0 radical (unpaired) electrons. The van der Waals surface area contributed by atoms with E-state index in [9.17, 15) is 0 Å². The Bertz CT molecular complexity index is 541. The fraction of sp³-hybridized carbons (Fsp3) is 0.438. The van der Waals surface area contributed by atoms with Crippen molar-refractivity contribution in [2.45, 2.75) is 27.0 Å². The predicted octanol–water partition coefficient (Wildman–Crippen LogP) is 3.48. The average molecular weight is 306 g/mol. The maximum atomic E-state index is 5.89. The summed E-state index contributed by atoms with van der Waals surface area (Å²) in [7, 11) is 1.68. The van der Waals surface area contributed by atoms with Crippen molar-refractivity contribution in [3.05, 3.63) is 40.3 Å². The van der Waals surface area contributed by atoms with Crippen molar-refractivity contribution in [2.24, 2.45) is 5.92 Å². The van der Waals surface area contributed by atoms with Crippen LogP contribution >= 0.6 is 11.3 Å². The van der Waals surface area contributed by atoms with Crippen LogP contribution in [-0.2, 0) is 13.2 Å². The Hall–Kier alpha value is -1.59. The molecule has 0 spiro atoms. The monoisotopic (exact) mass is 306 g/mol. The van der Waals surface area contributed by atoms with Crippen LogP contribution in [0.3, 0.4) is 0 Å². The zero-order valence-corrected chi connectivity index (χ0v) is 13.6. The Morgan fingerprint density at radius 3 is 2.86 bits per heavy atom. The number of hydrogen-bond acceptors (Lipinski definition) is 5. The summed E-state index contributed by atoms with van der Waals surface area (Å²) < 4.78 is 11.2. The molecule has 0 aliphatic rings. The third-order valence-corrected chi connectivity index (χ3v) is 3.72. The first-order valence-corrected chi connectivity index (χ1v) is 7.95. The maximum Gasteiger partial charge on any atom is 0.140 e. The number of hydrogen-bond donors (Lipinski definition) is 1. The molecule has 1 aromatic heterocycles. The number of nitrogens with zero attached hydrogens (tertiary/aromatic N) is 1. The molecular weight excluding hydrogens is 284 g/mol. The van der Waals surface area contributed by atoms with Gasteiger partial charge in [0.25, 0.3) is 0 Å². The molecule has 5 heteroatoms. The van der Waals surface area contributed by atoms with E-state index >= 15 is 0 Å². The van der Waals surface area contributed by atoms with Gasteiger partial charge in [-0.25, -0.2) is 4.98 Å². The van der Waals surface area contributed by atoms with Crippen molar-refractivity contribution in [3.63, 3.8) is 0 Å². The summed E-state index contributed by atoms with van der Waals surface area (Å²) >= 11 is 1.60. The Labute approximate surface area is 130 Å². The molecule has 2 rings (SSSR count). The van der Waals surface area contributed by atoms with Gasteiger partial charge in [0.15, 0.2) is 0 Å². The van der Waals surface area contributed by atoms with Crippen LogP contribution in [0, 0.1) is 5.92 Å². The van der Waals surface area contributed by atoms with E-state index in [-0.39, 0.29) is 0 Å². The molecule has 1 heterocycles. The number of nitrogens with one attached hydrogen (secondary N) is 1. The number of aromatic nitrogens is 1. The van der Waals surface area contributed by atoms with Gasteiger partial charge in [-0.1, -0.05) is 13.8 Å². The summed E-state index contributed by atoms with van der Waals surface area (Å²) in [5.41, 5.74) is 1.10. The number of ether oxygens (including phenoxy) is 2. The summed E-state index contributed by atoms with van der Waals surface area (Å²) in [6, 6.07) is 5.90. The molecule has 0 saturated carbocycles. The first-order valence-electron chi connectivity index (χ1n) is 7.08. The molecule has 21 heavy (non-hydrogen) atoms. The van der Waals surface area contributed by atoms with E-state index in [1.54, 1.807) is 24.6 Å². The van der Waals surface area contributed by atoms with Crippen molar-refractivity contribution in [1.29, 1.82) is 0 Å². The Kier molecular flexibility index (Phi) is 6.02. The molecule has 0 amide bonds. The van der Waals surface area contributed by atoms with Gasteiger partial charge in [0, 0.05) is 23.7 Å². The molecule has 114 valence electrons. The molecule has 1 N–H and O–H groups in total. The van der Waals surface area contributed by atoms with Gasteiger partial charge in [0.05, 0.1) is 7.11 Å². The van der Waals surface area contributed by atoms with Gasteiger partial charge >= 0.3 is 0 Å². The lowest BCUT2D eigenvalue weighted by molar-refractivity contribution is 0.300. The normalized spacial score (nSPS) is 10.9. The third kappa shape index (κ3) is 5.02. The summed E-state index contributed by atoms with van der Waals surface area (Å²) in [4.78, 5) is 4.23. The lowest BCUT2D eigenvalue weighted by Crippen LogP contribution is -2.19. The molecule has 0 aliphatic heterocycles. The van der Waals surface area contributed by atoms with Crippen LogP contribution in [0.1, 0.15) is 24.4 Å². The second kappa shape index (κ2) is 8.00. The van der Waals surface area contributed by atoms with Gasteiger partial charge in [-0.3, -0.25) is 0 Å². The standard InChI is InChI=1S/C16H22N2O2S/c1-12(2)9-17-10-13-8-14(19-3)4-5-15(13)20-11-16-18-6-7-21-16/h4-8,12,17H,9-11H2,1-3H3. The van der Waals surface area contributed by atoms with Crippen molar-refractivity contribution in [2.75, 3.05) is 13.7 Å². The van der Waals surface area contributed by atoms with Crippen LogP contribution in [0.2, 0.25) is 0 Å². The lowest BCUT2D eigenvalue weighted by atomic mass is 10.1. The second-order valence-corrected chi connectivity index (χ2v) is 6.19. The largest absolute Gasteiger partial charge is 0.497 e. The van der Waals surface area contributed by atoms with Gasteiger partial charge in [-0.15, -0.1) is 11.3 Å². The SMILES string of the molecule is COc1ccc(OCc2nccs2)c(CNCC(C)C)c1. The summed E-state index contributed by atoms with van der Waals surface area (Å²) in [5, 5.41) is 6.37. The summed E-state index contributed by atoms with van der Waals surface area (Å²) in [6.07, 6.45) is 1.79.